The molecule has 0 spiro atoms. The van der Waals surface area contributed by atoms with Crippen molar-refractivity contribution in [3.63, 3.8) is 0 Å². The lowest BCUT2D eigenvalue weighted by atomic mass is 10.2. The number of halogens is 1. The van der Waals surface area contributed by atoms with Gasteiger partial charge in [-0.2, -0.15) is 5.10 Å². The zero-order valence-corrected chi connectivity index (χ0v) is 19.5. The molecule has 0 bridgehead atoms. The fourth-order valence-electron chi connectivity index (χ4n) is 4.05. The molecule has 3 aromatic heterocycles. The highest BCUT2D eigenvalue weighted by Gasteiger charge is 2.22. The Hall–Kier alpha value is -4.47. The minimum Gasteiger partial charge on any atom is -0.497 e. The van der Waals surface area contributed by atoms with E-state index in [4.69, 9.17) is 14.6 Å². The van der Waals surface area contributed by atoms with Crippen LogP contribution in [0.4, 0.5) is 4.39 Å². The smallest absolute Gasteiger partial charge is 0.346 e. The summed E-state index contributed by atoms with van der Waals surface area (Å²) >= 11 is 0. The van der Waals surface area contributed by atoms with Gasteiger partial charge in [0.2, 0.25) is 0 Å². The van der Waals surface area contributed by atoms with Crippen LogP contribution in [0.5, 0.6) is 11.5 Å². The lowest BCUT2D eigenvalue weighted by Gasteiger charge is -2.11. The van der Waals surface area contributed by atoms with Crippen molar-refractivity contribution >= 4 is 11.0 Å². The molecule has 0 N–H and O–H groups in total. The number of aryl methyl sites for hydroxylation is 1. The lowest BCUT2D eigenvalue weighted by Crippen LogP contribution is -2.23. The van der Waals surface area contributed by atoms with E-state index < -0.39 is 0 Å². The van der Waals surface area contributed by atoms with E-state index in [9.17, 15) is 9.18 Å². The molecule has 0 aliphatic rings. The predicted molar refractivity (Wildman–Crippen MR) is 128 cm³/mol. The normalized spacial score (nSPS) is 11.2. The summed E-state index contributed by atoms with van der Waals surface area (Å²) < 4.78 is 29.6. The number of hydrogen-bond acceptors (Lipinski definition) is 6. The molecule has 0 unspecified atom stereocenters. The van der Waals surface area contributed by atoms with Gasteiger partial charge in [0, 0.05) is 30.4 Å². The van der Waals surface area contributed by atoms with E-state index in [2.05, 4.69) is 10.1 Å². The van der Waals surface area contributed by atoms with Crippen LogP contribution < -0.4 is 15.2 Å². The first-order valence-electron chi connectivity index (χ1n) is 10.9. The Morgan fingerprint density at radius 2 is 1.77 bits per heavy atom. The van der Waals surface area contributed by atoms with Crippen LogP contribution in [0.2, 0.25) is 0 Å². The molecule has 0 atom stereocenters. The lowest BCUT2D eigenvalue weighted by molar-refractivity contribution is 0.390. The molecule has 0 aliphatic carbocycles. The molecule has 9 nitrogen and oxygen atoms in total. The molecule has 35 heavy (non-hydrogen) atoms. The summed E-state index contributed by atoms with van der Waals surface area (Å²) in [6, 6.07) is 15.6. The van der Waals surface area contributed by atoms with Crippen molar-refractivity contribution in [3.05, 3.63) is 88.2 Å². The number of methoxy groups -OCH3 is 2. The molecule has 0 amide bonds. The summed E-state index contributed by atoms with van der Waals surface area (Å²) in [4.78, 5) is 17.5. The Kier molecular flexibility index (Phi) is 5.77. The van der Waals surface area contributed by atoms with E-state index in [1.807, 2.05) is 12.1 Å². The highest BCUT2D eigenvalue weighted by atomic mass is 19.1. The highest BCUT2D eigenvalue weighted by molar-refractivity contribution is 5.89. The van der Waals surface area contributed by atoms with Crippen molar-refractivity contribution in [1.29, 1.82) is 0 Å². The molecule has 5 aromatic rings. The number of pyridine rings is 1. The molecule has 0 aliphatic heterocycles. The summed E-state index contributed by atoms with van der Waals surface area (Å²) in [6.07, 6.45) is 1.65. The number of fused-ring (bicyclic) bond motifs is 1. The molecule has 0 fully saturated rings. The molecule has 0 radical (unpaired) electrons. The number of aromatic nitrogens is 6. The standard InChI is InChI=1S/C25H23FN6O3/c1-30-25(33)31(14-17-10-11-18(34-2)13-21(17)35-3)24(29-30)22-19-8-6-12-27-23(19)32(28-22)15-16-7-4-5-9-20(16)26/h4-13H,14-15H2,1-3H3. The Morgan fingerprint density at radius 3 is 2.54 bits per heavy atom. The average molecular weight is 474 g/mol. The van der Waals surface area contributed by atoms with Gasteiger partial charge in [0.05, 0.1) is 32.7 Å². The molecule has 5 rings (SSSR count). The van der Waals surface area contributed by atoms with Gasteiger partial charge in [0.25, 0.3) is 0 Å². The minimum atomic E-state index is -0.324. The highest BCUT2D eigenvalue weighted by Crippen LogP contribution is 2.29. The molecule has 0 saturated heterocycles. The molecular formula is C25H23FN6O3. The van der Waals surface area contributed by atoms with Gasteiger partial charge in [0.1, 0.15) is 23.0 Å². The van der Waals surface area contributed by atoms with Gasteiger partial charge in [0.15, 0.2) is 11.5 Å². The first-order valence-corrected chi connectivity index (χ1v) is 10.9. The molecule has 2 aromatic carbocycles. The van der Waals surface area contributed by atoms with E-state index in [0.717, 1.165) is 5.56 Å². The van der Waals surface area contributed by atoms with Crippen LogP contribution in [0, 0.1) is 5.82 Å². The van der Waals surface area contributed by atoms with Crippen LogP contribution in [0.25, 0.3) is 22.6 Å². The molecule has 178 valence electrons. The molecule has 3 heterocycles. The number of hydrogen-bond donors (Lipinski definition) is 0. The van der Waals surface area contributed by atoms with Crippen molar-refractivity contribution in [3.8, 4) is 23.0 Å². The second-order valence-electron chi connectivity index (χ2n) is 7.97. The van der Waals surface area contributed by atoms with Gasteiger partial charge >= 0.3 is 5.69 Å². The average Bonchev–Trinajstić information content (AvgIpc) is 3.38. The second-order valence-corrected chi connectivity index (χ2v) is 7.97. The van der Waals surface area contributed by atoms with Crippen LogP contribution in [0.3, 0.4) is 0 Å². The maximum absolute atomic E-state index is 14.3. The van der Waals surface area contributed by atoms with Crippen LogP contribution in [-0.2, 0) is 20.1 Å². The van der Waals surface area contributed by atoms with Gasteiger partial charge in [-0.05, 0) is 30.3 Å². The zero-order valence-electron chi connectivity index (χ0n) is 19.5. The van der Waals surface area contributed by atoms with Crippen molar-refractivity contribution in [2.75, 3.05) is 14.2 Å². The quantitative estimate of drug-likeness (QED) is 0.360. The third-order valence-electron chi connectivity index (χ3n) is 5.83. The first-order chi connectivity index (χ1) is 17.0. The Balaban J connectivity index is 1.63. The van der Waals surface area contributed by atoms with E-state index in [0.29, 0.717) is 39.6 Å². The van der Waals surface area contributed by atoms with Crippen molar-refractivity contribution in [1.82, 2.24) is 29.1 Å². The SMILES string of the molecule is COc1ccc(Cn2c(-c3nn(Cc4ccccc4F)c4ncccc34)nn(C)c2=O)c(OC)c1. The first kappa shape index (κ1) is 22.3. The van der Waals surface area contributed by atoms with Gasteiger partial charge in [-0.3, -0.25) is 4.57 Å². The summed E-state index contributed by atoms with van der Waals surface area (Å²) in [5.41, 5.74) is 2.00. The Bertz CT molecular complexity index is 1590. The van der Waals surface area contributed by atoms with Crippen LogP contribution in [0.1, 0.15) is 11.1 Å². The summed E-state index contributed by atoms with van der Waals surface area (Å²) in [7, 11) is 4.73. The Morgan fingerprint density at radius 1 is 0.943 bits per heavy atom. The second kappa shape index (κ2) is 9.05. The summed E-state index contributed by atoms with van der Waals surface area (Å²) in [5, 5.41) is 9.91. The number of nitrogens with zero attached hydrogens (tertiary/aromatic N) is 6. The van der Waals surface area contributed by atoms with Crippen LogP contribution >= 0.6 is 0 Å². The fourth-order valence-corrected chi connectivity index (χ4v) is 4.05. The maximum Gasteiger partial charge on any atom is 0.346 e. The largest absolute Gasteiger partial charge is 0.497 e. The fraction of sp³-hybridized carbons (Fsp3) is 0.200. The van der Waals surface area contributed by atoms with Gasteiger partial charge in [-0.15, -0.1) is 5.10 Å². The van der Waals surface area contributed by atoms with E-state index in [-0.39, 0.29) is 24.6 Å². The molecule has 10 heteroatoms. The third-order valence-corrected chi connectivity index (χ3v) is 5.83. The van der Waals surface area contributed by atoms with E-state index in [1.165, 1.54) is 15.3 Å². The van der Waals surface area contributed by atoms with Crippen LogP contribution in [0.15, 0.2) is 65.6 Å². The van der Waals surface area contributed by atoms with Crippen molar-refractivity contribution in [2.24, 2.45) is 7.05 Å². The maximum atomic E-state index is 14.3. The molecular weight excluding hydrogens is 451 g/mol. The van der Waals surface area contributed by atoms with Crippen molar-refractivity contribution in [2.45, 2.75) is 13.1 Å². The van der Waals surface area contributed by atoms with Gasteiger partial charge in [-0.25, -0.2) is 23.5 Å². The zero-order chi connectivity index (χ0) is 24.5. The molecule has 0 saturated carbocycles. The summed E-state index contributed by atoms with van der Waals surface area (Å²) in [5.74, 6) is 1.28. The third kappa shape index (κ3) is 4.03. The van der Waals surface area contributed by atoms with Crippen molar-refractivity contribution < 1.29 is 13.9 Å². The summed E-state index contributed by atoms with van der Waals surface area (Å²) in [6.45, 7) is 0.390. The number of benzene rings is 2. The van der Waals surface area contributed by atoms with Gasteiger partial charge < -0.3 is 9.47 Å². The predicted octanol–water partition coefficient (Wildman–Crippen LogP) is 3.25. The topological polar surface area (TPSA) is 89.0 Å². The number of ether oxygens (including phenoxy) is 2. The van der Waals surface area contributed by atoms with E-state index >= 15 is 0 Å². The van der Waals surface area contributed by atoms with E-state index in [1.54, 1.807) is 68.5 Å². The monoisotopic (exact) mass is 474 g/mol. The Labute approximate surface area is 200 Å². The number of rotatable bonds is 7. The van der Waals surface area contributed by atoms with Crippen LogP contribution in [-0.4, -0.2) is 43.3 Å². The minimum absolute atomic E-state index is 0.184. The van der Waals surface area contributed by atoms with Gasteiger partial charge in [-0.1, -0.05) is 18.2 Å².